The molecule has 3 heteroatoms. The highest BCUT2D eigenvalue weighted by Gasteiger charge is 2.43. The first-order chi connectivity index (χ1) is 12.3. The third-order valence-electron chi connectivity index (χ3n) is 5.42. The summed E-state index contributed by atoms with van der Waals surface area (Å²) in [5.41, 5.74) is 2.47. The molecule has 0 aliphatic carbocycles. The number of hydrogen-bond acceptors (Lipinski definition) is 2. The molecular formula is C23H30ClNO. The van der Waals surface area contributed by atoms with Gasteiger partial charge >= 0.3 is 0 Å². The predicted molar refractivity (Wildman–Crippen MR) is 109 cm³/mol. The molecule has 2 nitrogen and oxygen atoms in total. The van der Waals surface area contributed by atoms with Gasteiger partial charge in [0.15, 0.2) is 0 Å². The van der Waals surface area contributed by atoms with Gasteiger partial charge in [-0.25, -0.2) is 0 Å². The maximum Gasteiger partial charge on any atom is 0.108 e. The van der Waals surface area contributed by atoms with E-state index in [1.165, 1.54) is 12.0 Å². The Hall–Kier alpha value is -1.35. The summed E-state index contributed by atoms with van der Waals surface area (Å²) in [4.78, 5) is 6.74. The van der Waals surface area contributed by atoms with E-state index in [2.05, 4.69) is 75.2 Å². The Labute approximate surface area is 163 Å². The molecule has 140 valence electrons. The number of nitrogens with zero attached hydrogens (tertiary/aromatic N) is 1. The van der Waals surface area contributed by atoms with Crippen molar-refractivity contribution in [1.82, 2.24) is 5.06 Å². The maximum atomic E-state index is 6.74. The highest BCUT2D eigenvalue weighted by molar-refractivity contribution is 6.30. The van der Waals surface area contributed by atoms with Crippen LogP contribution < -0.4 is 0 Å². The standard InChI is InChI=1S/C23H30ClNO/c1-22(2)15-8-16-23(3,4)25(22)26-21(17-18-9-6-5-7-10-18)19-11-13-20(24)14-12-19/h5-7,9-14,21H,8,15-17H2,1-4H3. The minimum Gasteiger partial charge on any atom is -0.290 e. The van der Waals surface area contributed by atoms with Crippen LogP contribution in [0.25, 0.3) is 0 Å². The summed E-state index contributed by atoms with van der Waals surface area (Å²) in [6.07, 6.45) is 4.34. The Morgan fingerprint density at radius 1 is 0.923 bits per heavy atom. The Morgan fingerprint density at radius 2 is 1.50 bits per heavy atom. The molecular weight excluding hydrogens is 342 g/mol. The topological polar surface area (TPSA) is 12.5 Å². The van der Waals surface area contributed by atoms with Crippen LogP contribution in [0.3, 0.4) is 0 Å². The van der Waals surface area contributed by atoms with E-state index in [0.717, 1.165) is 29.8 Å². The first-order valence-electron chi connectivity index (χ1n) is 9.54. The van der Waals surface area contributed by atoms with E-state index in [4.69, 9.17) is 16.4 Å². The first-order valence-corrected chi connectivity index (χ1v) is 9.92. The molecule has 0 amide bonds. The second-order valence-corrected chi connectivity index (χ2v) is 9.04. The molecule has 1 saturated heterocycles. The van der Waals surface area contributed by atoms with Crippen LogP contribution in [0, 0.1) is 0 Å². The van der Waals surface area contributed by atoms with Crippen molar-refractivity contribution >= 4 is 11.6 Å². The van der Waals surface area contributed by atoms with Gasteiger partial charge in [0.1, 0.15) is 6.10 Å². The van der Waals surface area contributed by atoms with Gasteiger partial charge in [-0.15, -0.1) is 0 Å². The lowest BCUT2D eigenvalue weighted by molar-refractivity contribution is -0.307. The SMILES string of the molecule is CC1(C)CCCC(C)(C)N1OC(Cc1ccccc1)c1ccc(Cl)cc1. The van der Waals surface area contributed by atoms with E-state index in [9.17, 15) is 0 Å². The number of hydroxylamine groups is 2. The molecule has 1 heterocycles. The fourth-order valence-electron chi connectivity index (χ4n) is 4.11. The van der Waals surface area contributed by atoms with Gasteiger partial charge in [-0.1, -0.05) is 54.1 Å². The minimum absolute atomic E-state index is 0.0170. The summed E-state index contributed by atoms with van der Waals surface area (Å²) in [5.74, 6) is 0. The van der Waals surface area contributed by atoms with Crippen LogP contribution >= 0.6 is 11.6 Å². The molecule has 3 rings (SSSR count). The fraction of sp³-hybridized carbons (Fsp3) is 0.478. The van der Waals surface area contributed by atoms with Crippen LogP contribution in [0.15, 0.2) is 54.6 Å². The normalized spacial score (nSPS) is 20.7. The third kappa shape index (κ3) is 4.49. The van der Waals surface area contributed by atoms with Crippen molar-refractivity contribution in [3.8, 4) is 0 Å². The summed E-state index contributed by atoms with van der Waals surface area (Å²) >= 11 is 6.11. The van der Waals surface area contributed by atoms with E-state index in [0.29, 0.717) is 0 Å². The van der Waals surface area contributed by atoms with Crippen molar-refractivity contribution in [1.29, 1.82) is 0 Å². The van der Waals surface area contributed by atoms with E-state index >= 15 is 0 Å². The monoisotopic (exact) mass is 371 g/mol. The molecule has 1 atom stereocenters. The van der Waals surface area contributed by atoms with Crippen LogP contribution in [0.2, 0.25) is 5.02 Å². The average molecular weight is 372 g/mol. The largest absolute Gasteiger partial charge is 0.290 e. The molecule has 0 spiro atoms. The molecule has 1 aliphatic heterocycles. The van der Waals surface area contributed by atoms with Gasteiger partial charge < -0.3 is 0 Å². The van der Waals surface area contributed by atoms with Crippen molar-refractivity contribution < 1.29 is 4.84 Å². The van der Waals surface area contributed by atoms with E-state index in [1.807, 2.05) is 12.1 Å². The molecule has 1 aliphatic rings. The smallest absolute Gasteiger partial charge is 0.108 e. The van der Waals surface area contributed by atoms with Crippen LogP contribution in [0.5, 0.6) is 0 Å². The Morgan fingerprint density at radius 3 is 2.08 bits per heavy atom. The Balaban J connectivity index is 1.90. The molecule has 0 saturated carbocycles. The van der Waals surface area contributed by atoms with E-state index in [1.54, 1.807) is 0 Å². The second kappa shape index (κ2) is 7.72. The zero-order valence-corrected chi connectivity index (χ0v) is 17.1. The quantitative estimate of drug-likeness (QED) is 0.587. The zero-order valence-electron chi connectivity index (χ0n) is 16.3. The van der Waals surface area contributed by atoms with Gasteiger partial charge in [-0.3, -0.25) is 4.84 Å². The molecule has 0 N–H and O–H groups in total. The predicted octanol–water partition coefficient (Wildman–Crippen LogP) is 6.60. The summed E-state index contributed by atoms with van der Waals surface area (Å²) in [6, 6.07) is 18.6. The Bertz CT molecular complexity index is 693. The average Bonchev–Trinajstić information content (AvgIpc) is 2.58. The van der Waals surface area contributed by atoms with Gasteiger partial charge in [0.2, 0.25) is 0 Å². The lowest BCUT2D eigenvalue weighted by Crippen LogP contribution is -2.58. The Kier molecular flexibility index (Phi) is 5.76. The highest BCUT2D eigenvalue weighted by atomic mass is 35.5. The van der Waals surface area contributed by atoms with Crippen LogP contribution in [0.1, 0.15) is 64.2 Å². The number of halogens is 1. The number of benzene rings is 2. The van der Waals surface area contributed by atoms with Gasteiger partial charge in [0, 0.05) is 22.5 Å². The second-order valence-electron chi connectivity index (χ2n) is 8.61. The summed E-state index contributed by atoms with van der Waals surface area (Å²) in [7, 11) is 0. The molecule has 2 aromatic rings. The van der Waals surface area contributed by atoms with Gasteiger partial charge in [0.25, 0.3) is 0 Å². The lowest BCUT2D eigenvalue weighted by Gasteiger charge is -2.52. The molecule has 1 unspecified atom stereocenters. The van der Waals surface area contributed by atoms with Crippen molar-refractivity contribution in [2.24, 2.45) is 0 Å². The van der Waals surface area contributed by atoms with Crippen molar-refractivity contribution in [2.45, 2.75) is 70.6 Å². The van der Waals surface area contributed by atoms with Crippen molar-refractivity contribution in [2.75, 3.05) is 0 Å². The molecule has 0 aromatic heterocycles. The number of rotatable bonds is 5. The molecule has 0 radical (unpaired) electrons. The van der Waals surface area contributed by atoms with Gasteiger partial charge in [-0.05, 0) is 70.2 Å². The lowest BCUT2D eigenvalue weighted by atomic mass is 9.82. The first kappa shape index (κ1) is 19.4. The van der Waals surface area contributed by atoms with E-state index < -0.39 is 0 Å². The number of piperidine rings is 1. The van der Waals surface area contributed by atoms with Crippen molar-refractivity contribution in [3.63, 3.8) is 0 Å². The fourth-order valence-corrected chi connectivity index (χ4v) is 4.24. The van der Waals surface area contributed by atoms with E-state index in [-0.39, 0.29) is 17.2 Å². The zero-order chi connectivity index (χ0) is 18.8. The van der Waals surface area contributed by atoms with Crippen LogP contribution in [-0.2, 0) is 11.3 Å². The highest BCUT2D eigenvalue weighted by Crippen LogP contribution is 2.41. The van der Waals surface area contributed by atoms with Crippen LogP contribution in [-0.4, -0.2) is 16.1 Å². The molecule has 1 fully saturated rings. The molecule has 26 heavy (non-hydrogen) atoms. The maximum absolute atomic E-state index is 6.74. The van der Waals surface area contributed by atoms with Gasteiger partial charge in [-0.2, -0.15) is 5.06 Å². The summed E-state index contributed by atoms with van der Waals surface area (Å²) < 4.78 is 0. The number of hydrogen-bond donors (Lipinski definition) is 0. The minimum atomic E-state index is -0.0358. The molecule has 2 aromatic carbocycles. The third-order valence-corrected chi connectivity index (χ3v) is 5.67. The molecule has 0 bridgehead atoms. The van der Waals surface area contributed by atoms with Gasteiger partial charge in [0.05, 0.1) is 0 Å². The summed E-state index contributed by atoms with van der Waals surface area (Å²) in [5, 5.41) is 3.01. The summed E-state index contributed by atoms with van der Waals surface area (Å²) in [6.45, 7) is 9.15. The van der Waals surface area contributed by atoms with Crippen LogP contribution in [0.4, 0.5) is 0 Å². The van der Waals surface area contributed by atoms with Crippen molar-refractivity contribution in [3.05, 3.63) is 70.7 Å².